The van der Waals surface area contributed by atoms with Crippen LogP contribution >= 0.6 is 11.6 Å². The summed E-state index contributed by atoms with van der Waals surface area (Å²) in [6.07, 6.45) is 1.96. The highest BCUT2D eigenvalue weighted by Gasteiger charge is 2.20. The number of nitrogens with zero attached hydrogens (tertiary/aromatic N) is 3. The Kier molecular flexibility index (Phi) is 4.00. The van der Waals surface area contributed by atoms with Gasteiger partial charge in [0.1, 0.15) is 16.7 Å². The molecule has 0 bridgehead atoms. The number of rotatable bonds is 5. The summed E-state index contributed by atoms with van der Waals surface area (Å²) in [5, 5.41) is 9.28. The molecule has 0 spiro atoms. The Morgan fingerprint density at radius 1 is 1.33 bits per heavy atom. The zero-order chi connectivity index (χ0) is 16.5. The van der Waals surface area contributed by atoms with Gasteiger partial charge in [-0.1, -0.05) is 11.6 Å². The van der Waals surface area contributed by atoms with Crippen molar-refractivity contribution in [2.24, 2.45) is 0 Å². The number of halogens is 1. The van der Waals surface area contributed by atoms with E-state index in [1.165, 1.54) is 0 Å². The number of hydrogen-bond donors (Lipinski definition) is 1. The van der Waals surface area contributed by atoms with Crippen LogP contribution in [0.5, 0.6) is 5.75 Å². The van der Waals surface area contributed by atoms with Gasteiger partial charge in [-0.15, -0.1) is 0 Å². The highest BCUT2D eigenvalue weighted by Crippen LogP contribution is 2.25. The molecule has 4 rings (SSSR count). The lowest BCUT2D eigenvalue weighted by Crippen LogP contribution is -2.30. The second-order valence-electron chi connectivity index (χ2n) is 5.72. The number of pyridine rings is 1. The fourth-order valence-corrected chi connectivity index (χ4v) is 2.84. The molecule has 0 radical (unpaired) electrons. The Balaban J connectivity index is 1.52. The average molecular weight is 345 g/mol. The Bertz CT molecular complexity index is 876. The molecule has 0 aliphatic carbocycles. The SMILES string of the molecule is COc1ccc2nc(Cl)c(CNc3ccn(C4COC4)n3)cc2c1. The number of nitrogens with one attached hydrogen (secondary N) is 1. The van der Waals surface area contributed by atoms with Gasteiger partial charge in [0.05, 0.1) is 31.9 Å². The molecule has 1 aliphatic heterocycles. The number of benzene rings is 1. The molecule has 3 aromatic rings. The maximum absolute atomic E-state index is 6.31. The number of ether oxygens (including phenoxy) is 2. The van der Waals surface area contributed by atoms with Crippen LogP contribution in [0, 0.1) is 0 Å². The fraction of sp³-hybridized carbons (Fsp3) is 0.294. The lowest BCUT2D eigenvalue weighted by molar-refractivity contribution is -0.0285. The van der Waals surface area contributed by atoms with Crippen molar-refractivity contribution in [3.63, 3.8) is 0 Å². The Labute approximate surface area is 144 Å². The van der Waals surface area contributed by atoms with E-state index in [1.54, 1.807) is 7.11 Å². The molecule has 7 heteroatoms. The number of aromatic nitrogens is 3. The molecule has 1 saturated heterocycles. The first kappa shape index (κ1) is 15.2. The molecule has 1 aliphatic rings. The molecule has 2 aromatic heterocycles. The van der Waals surface area contributed by atoms with Gasteiger partial charge in [-0.2, -0.15) is 5.10 Å². The molecule has 3 heterocycles. The van der Waals surface area contributed by atoms with Crippen molar-refractivity contribution < 1.29 is 9.47 Å². The van der Waals surface area contributed by atoms with E-state index in [-0.39, 0.29) is 0 Å². The van der Waals surface area contributed by atoms with Gasteiger partial charge in [0.15, 0.2) is 0 Å². The summed E-state index contributed by atoms with van der Waals surface area (Å²) in [5.41, 5.74) is 1.76. The number of anilines is 1. The first-order valence-electron chi connectivity index (χ1n) is 7.73. The highest BCUT2D eigenvalue weighted by atomic mass is 35.5. The molecule has 24 heavy (non-hydrogen) atoms. The summed E-state index contributed by atoms with van der Waals surface area (Å²) in [4.78, 5) is 4.45. The van der Waals surface area contributed by atoms with Gasteiger partial charge < -0.3 is 14.8 Å². The van der Waals surface area contributed by atoms with Crippen molar-refractivity contribution >= 4 is 28.3 Å². The van der Waals surface area contributed by atoms with E-state index in [2.05, 4.69) is 15.4 Å². The predicted molar refractivity (Wildman–Crippen MR) is 92.7 cm³/mol. The molecule has 0 amide bonds. The molecule has 0 saturated carbocycles. The molecule has 6 nitrogen and oxygen atoms in total. The molecule has 0 unspecified atom stereocenters. The molecule has 1 fully saturated rings. The van der Waals surface area contributed by atoms with E-state index >= 15 is 0 Å². The van der Waals surface area contributed by atoms with Crippen molar-refractivity contribution in [2.75, 3.05) is 25.6 Å². The fourth-order valence-electron chi connectivity index (χ4n) is 2.62. The minimum Gasteiger partial charge on any atom is -0.497 e. The van der Waals surface area contributed by atoms with Gasteiger partial charge in [0.25, 0.3) is 0 Å². The van der Waals surface area contributed by atoms with Gasteiger partial charge in [0, 0.05) is 29.8 Å². The summed E-state index contributed by atoms with van der Waals surface area (Å²) in [6.45, 7) is 2.00. The lowest BCUT2D eigenvalue weighted by atomic mass is 10.1. The van der Waals surface area contributed by atoms with Crippen LogP contribution in [0.3, 0.4) is 0 Å². The van der Waals surface area contributed by atoms with Crippen LogP contribution in [0.2, 0.25) is 5.15 Å². The van der Waals surface area contributed by atoms with Crippen LogP contribution in [-0.2, 0) is 11.3 Å². The van der Waals surface area contributed by atoms with Crippen LogP contribution in [0.1, 0.15) is 11.6 Å². The Morgan fingerprint density at radius 3 is 2.96 bits per heavy atom. The van der Waals surface area contributed by atoms with Gasteiger partial charge in [-0.05, 0) is 24.3 Å². The van der Waals surface area contributed by atoms with Crippen LogP contribution in [0.4, 0.5) is 5.82 Å². The predicted octanol–water partition coefficient (Wildman–Crippen LogP) is 3.28. The monoisotopic (exact) mass is 344 g/mol. The number of hydrogen-bond acceptors (Lipinski definition) is 5. The number of fused-ring (bicyclic) bond motifs is 1. The van der Waals surface area contributed by atoms with E-state index in [4.69, 9.17) is 21.1 Å². The summed E-state index contributed by atoms with van der Waals surface area (Å²) in [5.74, 6) is 1.61. The van der Waals surface area contributed by atoms with Crippen LogP contribution in [0.15, 0.2) is 36.5 Å². The van der Waals surface area contributed by atoms with Crippen molar-refractivity contribution in [1.82, 2.24) is 14.8 Å². The molecule has 0 atom stereocenters. The third kappa shape index (κ3) is 2.90. The zero-order valence-electron chi connectivity index (χ0n) is 13.2. The van der Waals surface area contributed by atoms with E-state index < -0.39 is 0 Å². The van der Waals surface area contributed by atoms with Crippen LogP contribution in [0.25, 0.3) is 10.9 Å². The van der Waals surface area contributed by atoms with Crippen molar-refractivity contribution in [3.8, 4) is 5.75 Å². The molecule has 124 valence electrons. The second kappa shape index (κ2) is 6.30. The maximum Gasteiger partial charge on any atom is 0.148 e. The third-order valence-corrected chi connectivity index (χ3v) is 4.44. The minimum atomic E-state index is 0.346. The quantitative estimate of drug-likeness (QED) is 0.720. The van der Waals surface area contributed by atoms with Gasteiger partial charge >= 0.3 is 0 Å². The lowest BCUT2D eigenvalue weighted by Gasteiger charge is -2.25. The third-order valence-electron chi connectivity index (χ3n) is 4.11. The largest absolute Gasteiger partial charge is 0.497 e. The first-order valence-corrected chi connectivity index (χ1v) is 8.10. The topological polar surface area (TPSA) is 61.2 Å². The van der Waals surface area contributed by atoms with Crippen molar-refractivity contribution in [1.29, 1.82) is 0 Å². The Hall–Kier alpha value is -2.31. The van der Waals surface area contributed by atoms with Gasteiger partial charge in [0.2, 0.25) is 0 Å². The normalized spacial score (nSPS) is 14.6. The molecule has 1 N–H and O–H groups in total. The summed E-state index contributed by atoms with van der Waals surface area (Å²) in [7, 11) is 1.65. The second-order valence-corrected chi connectivity index (χ2v) is 6.08. The summed E-state index contributed by atoms with van der Waals surface area (Å²) < 4.78 is 12.4. The van der Waals surface area contributed by atoms with Crippen molar-refractivity contribution in [3.05, 3.63) is 47.2 Å². The standard InChI is InChI=1S/C17H17ClN4O2/c1-23-14-2-3-15-11(7-14)6-12(17(18)20-15)8-19-16-4-5-22(21-16)13-9-24-10-13/h2-7,13H,8-10H2,1H3,(H,19,21). The van der Waals surface area contributed by atoms with E-state index in [0.29, 0.717) is 17.7 Å². The minimum absolute atomic E-state index is 0.346. The molecular formula is C17H17ClN4O2. The zero-order valence-corrected chi connectivity index (χ0v) is 14.0. The maximum atomic E-state index is 6.31. The summed E-state index contributed by atoms with van der Waals surface area (Å²) >= 11 is 6.31. The smallest absolute Gasteiger partial charge is 0.148 e. The molecular weight excluding hydrogens is 328 g/mol. The molecule has 1 aromatic carbocycles. The number of methoxy groups -OCH3 is 1. The Morgan fingerprint density at radius 2 is 2.21 bits per heavy atom. The van der Waals surface area contributed by atoms with Crippen molar-refractivity contribution in [2.45, 2.75) is 12.6 Å². The summed E-state index contributed by atoms with van der Waals surface area (Å²) in [6, 6.07) is 10.0. The van der Waals surface area contributed by atoms with E-state index in [0.717, 1.165) is 41.2 Å². The van der Waals surface area contributed by atoms with Crippen LogP contribution < -0.4 is 10.1 Å². The van der Waals surface area contributed by atoms with Gasteiger partial charge in [-0.25, -0.2) is 4.98 Å². The van der Waals surface area contributed by atoms with E-state index in [1.807, 2.05) is 41.2 Å². The average Bonchev–Trinajstić information content (AvgIpc) is 2.99. The first-order chi connectivity index (χ1) is 11.7. The highest BCUT2D eigenvalue weighted by molar-refractivity contribution is 6.30. The van der Waals surface area contributed by atoms with Gasteiger partial charge in [-0.3, -0.25) is 4.68 Å². The van der Waals surface area contributed by atoms with Crippen LogP contribution in [-0.4, -0.2) is 35.1 Å². The van der Waals surface area contributed by atoms with E-state index in [9.17, 15) is 0 Å².